The minimum absolute atomic E-state index is 0.0239. The zero-order chi connectivity index (χ0) is 21.7. The van der Waals surface area contributed by atoms with Crippen molar-refractivity contribution in [1.29, 1.82) is 0 Å². The number of likely N-dealkylation sites (tertiary alicyclic amines) is 1. The highest BCUT2D eigenvalue weighted by atomic mass is 16.5. The fourth-order valence-electron chi connectivity index (χ4n) is 3.63. The van der Waals surface area contributed by atoms with E-state index in [-0.39, 0.29) is 22.8 Å². The summed E-state index contributed by atoms with van der Waals surface area (Å²) in [6, 6.07) is 7.12. The van der Waals surface area contributed by atoms with Gasteiger partial charge in [-0.2, -0.15) is 0 Å². The number of pyridine rings is 1. The van der Waals surface area contributed by atoms with Crippen molar-refractivity contribution in [2.75, 3.05) is 13.2 Å². The third kappa shape index (κ3) is 4.15. The standard InChI is InChI=1S/C23H26N2O5/c1-3-5-6-13-25-20(16-7-8-17(26)18(14-16)30-4-2)19(22(28)23(25)29)21(27)15-9-11-24-12-10-15/h7-12,14,20,26-27H,3-6,13H2,1-2H3/b21-19-. The summed E-state index contributed by atoms with van der Waals surface area (Å²) >= 11 is 0. The lowest BCUT2D eigenvalue weighted by atomic mass is 9.95. The molecule has 1 saturated heterocycles. The summed E-state index contributed by atoms with van der Waals surface area (Å²) in [6.45, 7) is 4.60. The van der Waals surface area contributed by atoms with Gasteiger partial charge in [0.05, 0.1) is 18.2 Å². The molecule has 0 aliphatic carbocycles. The molecule has 3 rings (SSSR count). The van der Waals surface area contributed by atoms with Crippen LogP contribution in [-0.4, -0.2) is 44.9 Å². The maximum absolute atomic E-state index is 12.9. The summed E-state index contributed by atoms with van der Waals surface area (Å²) < 4.78 is 5.48. The van der Waals surface area contributed by atoms with Crippen LogP contribution in [0.1, 0.15) is 50.3 Å². The molecule has 30 heavy (non-hydrogen) atoms. The molecule has 7 nitrogen and oxygen atoms in total. The summed E-state index contributed by atoms with van der Waals surface area (Å²) in [6.07, 6.45) is 5.65. The zero-order valence-corrected chi connectivity index (χ0v) is 17.2. The molecule has 158 valence electrons. The molecule has 1 fully saturated rings. The smallest absolute Gasteiger partial charge is 0.295 e. The van der Waals surface area contributed by atoms with Crippen LogP contribution in [0.25, 0.3) is 5.76 Å². The first-order chi connectivity index (χ1) is 14.5. The van der Waals surface area contributed by atoms with E-state index in [2.05, 4.69) is 11.9 Å². The fraction of sp³-hybridized carbons (Fsp3) is 0.348. The van der Waals surface area contributed by atoms with Crippen molar-refractivity contribution in [2.45, 2.75) is 39.2 Å². The zero-order valence-electron chi connectivity index (χ0n) is 17.2. The number of Topliss-reactive ketones (excluding diaryl/α,β-unsaturated/α-hetero) is 1. The van der Waals surface area contributed by atoms with Gasteiger partial charge in [0.25, 0.3) is 11.7 Å². The topological polar surface area (TPSA) is 100.0 Å². The maximum Gasteiger partial charge on any atom is 0.295 e. The minimum atomic E-state index is -0.769. The summed E-state index contributed by atoms with van der Waals surface area (Å²) in [5, 5.41) is 21.0. The van der Waals surface area contributed by atoms with Crippen LogP contribution in [0.5, 0.6) is 11.5 Å². The number of phenolic OH excluding ortho intramolecular Hbond substituents is 1. The second-order valence-electron chi connectivity index (χ2n) is 7.10. The predicted molar refractivity (Wildman–Crippen MR) is 112 cm³/mol. The number of rotatable bonds is 8. The second kappa shape index (κ2) is 9.43. The van der Waals surface area contributed by atoms with Gasteiger partial charge in [0.1, 0.15) is 5.76 Å². The summed E-state index contributed by atoms with van der Waals surface area (Å²) in [5.74, 6) is -1.38. The van der Waals surface area contributed by atoms with E-state index >= 15 is 0 Å². The number of nitrogens with zero attached hydrogens (tertiary/aromatic N) is 2. The van der Waals surface area contributed by atoms with Crippen molar-refractivity contribution in [2.24, 2.45) is 0 Å². The number of ether oxygens (including phenoxy) is 1. The van der Waals surface area contributed by atoms with E-state index in [0.29, 0.717) is 24.3 Å². The van der Waals surface area contributed by atoms with E-state index < -0.39 is 17.7 Å². The maximum atomic E-state index is 12.9. The van der Waals surface area contributed by atoms with Gasteiger partial charge in [0.2, 0.25) is 0 Å². The van der Waals surface area contributed by atoms with Crippen LogP contribution in [-0.2, 0) is 9.59 Å². The van der Waals surface area contributed by atoms with Gasteiger partial charge in [0.15, 0.2) is 11.5 Å². The van der Waals surface area contributed by atoms with Crippen LogP contribution < -0.4 is 4.74 Å². The predicted octanol–water partition coefficient (Wildman–Crippen LogP) is 3.80. The van der Waals surface area contributed by atoms with Gasteiger partial charge in [0, 0.05) is 24.5 Å². The number of hydrogen-bond acceptors (Lipinski definition) is 6. The van der Waals surface area contributed by atoms with Gasteiger partial charge in [-0.1, -0.05) is 25.8 Å². The van der Waals surface area contributed by atoms with Crippen molar-refractivity contribution in [3.63, 3.8) is 0 Å². The number of aliphatic hydroxyl groups excluding tert-OH is 1. The highest BCUT2D eigenvalue weighted by Gasteiger charge is 2.46. The largest absolute Gasteiger partial charge is 0.507 e. The van der Waals surface area contributed by atoms with Gasteiger partial charge in [-0.05, 0) is 43.2 Å². The van der Waals surface area contributed by atoms with Crippen molar-refractivity contribution in [1.82, 2.24) is 9.88 Å². The summed E-state index contributed by atoms with van der Waals surface area (Å²) in [5.41, 5.74) is 1.02. The van der Waals surface area contributed by atoms with Gasteiger partial charge in [-0.15, -0.1) is 0 Å². The number of aromatic nitrogens is 1. The van der Waals surface area contributed by atoms with Crippen molar-refractivity contribution in [3.8, 4) is 11.5 Å². The Morgan fingerprint density at radius 3 is 2.53 bits per heavy atom. The first-order valence-corrected chi connectivity index (χ1v) is 10.1. The number of ketones is 1. The molecule has 1 aromatic carbocycles. The Morgan fingerprint density at radius 2 is 1.87 bits per heavy atom. The van der Waals surface area contributed by atoms with Crippen LogP contribution >= 0.6 is 0 Å². The molecular weight excluding hydrogens is 384 g/mol. The second-order valence-corrected chi connectivity index (χ2v) is 7.10. The molecule has 1 aromatic heterocycles. The molecule has 1 atom stereocenters. The van der Waals surface area contributed by atoms with E-state index in [0.717, 1.165) is 19.3 Å². The number of hydrogen-bond donors (Lipinski definition) is 2. The fourth-order valence-corrected chi connectivity index (χ4v) is 3.63. The van der Waals surface area contributed by atoms with Gasteiger partial charge >= 0.3 is 0 Å². The Bertz CT molecular complexity index is 955. The van der Waals surface area contributed by atoms with Crippen LogP contribution in [0.4, 0.5) is 0 Å². The molecule has 7 heteroatoms. The third-order valence-electron chi connectivity index (χ3n) is 5.10. The van der Waals surface area contributed by atoms with Gasteiger partial charge < -0.3 is 19.8 Å². The summed E-state index contributed by atoms with van der Waals surface area (Å²) in [4.78, 5) is 31.2. The van der Waals surface area contributed by atoms with E-state index in [1.165, 1.54) is 23.4 Å². The number of amides is 1. The van der Waals surface area contributed by atoms with E-state index in [1.807, 2.05) is 0 Å². The molecule has 2 heterocycles. The Hall–Kier alpha value is -3.35. The van der Waals surface area contributed by atoms with E-state index in [4.69, 9.17) is 4.74 Å². The first-order valence-electron chi connectivity index (χ1n) is 10.1. The molecule has 1 amide bonds. The monoisotopic (exact) mass is 410 g/mol. The molecule has 0 spiro atoms. The number of benzene rings is 1. The Morgan fingerprint density at radius 1 is 1.13 bits per heavy atom. The van der Waals surface area contributed by atoms with Crippen molar-refractivity contribution in [3.05, 3.63) is 59.4 Å². The molecule has 0 bridgehead atoms. The number of carbonyl (C=O) groups is 2. The lowest BCUT2D eigenvalue weighted by Gasteiger charge is -2.25. The van der Waals surface area contributed by atoms with Crippen LogP contribution in [0.3, 0.4) is 0 Å². The molecule has 0 saturated carbocycles. The van der Waals surface area contributed by atoms with E-state index in [9.17, 15) is 19.8 Å². The average Bonchev–Trinajstić information content (AvgIpc) is 3.01. The highest BCUT2D eigenvalue weighted by Crippen LogP contribution is 2.41. The Balaban J connectivity index is 2.14. The highest BCUT2D eigenvalue weighted by molar-refractivity contribution is 6.46. The lowest BCUT2D eigenvalue weighted by molar-refractivity contribution is -0.139. The molecule has 1 unspecified atom stereocenters. The number of carbonyl (C=O) groups excluding carboxylic acids is 2. The van der Waals surface area contributed by atoms with Gasteiger partial charge in [-0.3, -0.25) is 14.6 Å². The molecule has 1 aliphatic rings. The number of aliphatic hydroxyl groups is 1. The number of unbranched alkanes of at least 4 members (excludes halogenated alkanes) is 2. The minimum Gasteiger partial charge on any atom is -0.507 e. The number of aromatic hydroxyl groups is 1. The quantitative estimate of drug-likeness (QED) is 0.297. The third-order valence-corrected chi connectivity index (χ3v) is 5.10. The lowest BCUT2D eigenvalue weighted by Crippen LogP contribution is -2.30. The van der Waals surface area contributed by atoms with Crippen molar-refractivity contribution < 1.29 is 24.5 Å². The van der Waals surface area contributed by atoms with E-state index in [1.54, 1.807) is 31.2 Å². The van der Waals surface area contributed by atoms with Crippen molar-refractivity contribution >= 4 is 17.4 Å². The first kappa shape index (κ1) is 21.4. The van der Waals surface area contributed by atoms with Crippen LogP contribution in [0.2, 0.25) is 0 Å². The Kier molecular flexibility index (Phi) is 6.72. The SMILES string of the molecule is CCCCCN1C(=O)C(=O)/C(=C(\O)c2ccncc2)C1c1ccc(O)c(OCC)c1. The average molecular weight is 410 g/mol. The molecule has 2 N–H and O–H groups in total. The van der Waals surface area contributed by atoms with Crippen LogP contribution in [0, 0.1) is 0 Å². The molecule has 1 aliphatic heterocycles. The Labute approximate surface area is 175 Å². The van der Waals surface area contributed by atoms with Crippen LogP contribution in [0.15, 0.2) is 48.3 Å². The molecule has 2 aromatic rings. The normalized spacial score (nSPS) is 18.1. The summed E-state index contributed by atoms with van der Waals surface area (Å²) in [7, 11) is 0. The molecular formula is C23H26N2O5. The molecule has 0 radical (unpaired) electrons. The number of phenols is 1. The van der Waals surface area contributed by atoms with Gasteiger partial charge in [-0.25, -0.2) is 0 Å².